The van der Waals surface area contributed by atoms with Gasteiger partial charge >= 0.3 is 0 Å². The Kier molecular flexibility index (Phi) is 7.17. The lowest BCUT2D eigenvalue weighted by molar-refractivity contribution is 0.0949. The molecule has 0 aliphatic carbocycles. The van der Waals surface area contributed by atoms with Crippen molar-refractivity contribution in [1.29, 1.82) is 5.26 Å². The number of rotatable bonds is 8. The molecular formula is C24H21N3O3. The highest BCUT2D eigenvalue weighted by atomic mass is 16.5. The number of carbonyl (C=O) groups excluding carboxylic acids is 1. The van der Waals surface area contributed by atoms with Gasteiger partial charge in [-0.15, -0.1) is 0 Å². The number of hydrogen-bond donors (Lipinski definition) is 1. The van der Waals surface area contributed by atoms with Gasteiger partial charge in [0.15, 0.2) is 0 Å². The minimum Gasteiger partial charge on any atom is -0.490 e. The van der Waals surface area contributed by atoms with Crippen LogP contribution in [0.5, 0.6) is 11.5 Å². The standard InChI is InChI=1S/C24H21N3O3/c1-18(20-13-11-19(17-25)12-14-20)26-27-24(28)22-9-5-6-10-23(22)30-16-15-29-21-7-3-2-4-8-21/h2-14H,15-16H2,1H3,(H,27,28)/b26-18-. The van der Waals surface area contributed by atoms with Gasteiger partial charge in [0.05, 0.1) is 22.9 Å². The van der Waals surface area contributed by atoms with E-state index in [4.69, 9.17) is 14.7 Å². The predicted molar refractivity (Wildman–Crippen MR) is 115 cm³/mol. The molecule has 0 bridgehead atoms. The second-order valence-corrected chi connectivity index (χ2v) is 6.33. The minimum absolute atomic E-state index is 0.298. The van der Waals surface area contributed by atoms with Crippen LogP contribution < -0.4 is 14.9 Å². The summed E-state index contributed by atoms with van der Waals surface area (Å²) in [6.45, 7) is 2.44. The quantitative estimate of drug-likeness (QED) is 0.350. The molecule has 0 aliphatic rings. The number of amides is 1. The zero-order valence-electron chi connectivity index (χ0n) is 16.5. The molecule has 0 unspecified atom stereocenters. The van der Waals surface area contributed by atoms with Crippen molar-refractivity contribution in [1.82, 2.24) is 5.43 Å². The first-order valence-electron chi connectivity index (χ1n) is 9.42. The molecular weight excluding hydrogens is 378 g/mol. The minimum atomic E-state index is -0.373. The van der Waals surface area contributed by atoms with Crippen LogP contribution in [0, 0.1) is 11.3 Å². The number of carbonyl (C=O) groups is 1. The van der Waals surface area contributed by atoms with Crippen molar-refractivity contribution >= 4 is 11.6 Å². The lowest BCUT2D eigenvalue weighted by atomic mass is 10.1. The fraction of sp³-hybridized carbons (Fsp3) is 0.125. The molecule has 0 aromatic heterocycles. The number of ether oxygens (including phenoxy) is 2. The predicted octanol–water partition coefficient (Wildman–Crippen LogP) is 4.17. The third-order valence-electron chi connectivity index (χ3n) is 4.24. The maximum atomic E-state index is 12.6. The summed E-state index contributed by atoms with van der Waals surface area (Å²) in [7, 11) is 0. The largest absolute Gasteiger partial charge is 0.490 e. The van der Waals surface area contributed by atoms with Crippen LogP contribution in [-0.4, -0.2) is 24.8 Å². The first kappa shape index (κ1) is 20.6. The number of benzene rings is 3. The molecule has 3 aromatic rings. The smallest absolute Gasteiger partial charge is 0.275 e. The van der Waals surface area contributed by atoms with Crippen molar-refractivity contribution in [2.24, 2.45) is 5.10 Å². The summed E-state index contributed by atoms with van der Waals surface area (Å²) < 4.78 is 11.3. The first-order chi connectivity index (χ1) is 14.7. The number of nitrogens with zero attached hydrogens (tertiary/aromatic N) is 2. The van der Waals surface area contributed by atoms with E-state index in [9.17, 15) is 4.79 Å². The van der Waals surface area contributed by atoms with Crippen LogP contribution in [0.25, 0.3) is 0 Å². The summed E-state index contributed by atoms with van der Waals surface area (Å²) >= 11 is 0. The molecule has 6 heteroatoms. The van der Waals surface area contributed by atoms with E-state index < -0.39 is 0 Å². The topological polar surface area (TPSA) is 83.7 Å². The van der Waals surface area contributed by atoms with Gasteiger partial charge in [-0.05, 0) is 48.9 Å². The number of nitrogens with one attached hydrogen (secondary N) is 1. The second kappa shape index (κ2) is 10.4. The molecule has 0 aliphatic heterocycles. The molecule has 150 valence electrons. The van der Waals surface area contributed by atoms with E-state index in [2.05, 4.69) is 16.6 Å². The van der Waals surface area contributed by atoms with Gasteiger partial charge in [-0.2, -0.15) is 10.4 Å². The molecule has 0 radical (unpaired) electrons. The number of hydrogen-bond acceptors (Lipinski definition) is 5. The van der Waals surface area contributed by atoms with Gasteiger partial charge in [0, 0.05) is 0 Å². The zero-order chi connectivity index (χ0) is 21.2. The Labute approximate surface area is 175 Å². The Balaban J connectivity index is 1.58. The molecule has 0 atom stereocenters. The Morgan fingerprint density at radius 3 is 2.33 bits per heavy atom. The van der Waals surface area contributed by atoms with Crippen LogP contribution in [0.1, 0.15) is 28.4 Å². The molecule has 3 rings (SSSR count). The van der Waals surface area contributed by atoms with Crippen molar-refractivity contribution in [3.8, 4) is 17.6 Å². The van der Waals surface area contributed by atoms with Crippen LogP contribution in [0.2, 0.25) is 0 Å². The highest BCUT2D eigenvalue weighted by Crippen LogP contribution is 2.18. The van der Waals surface area contributed by atoms with Crippen LogP contribution in [-0.2, 0) is 0 Å². The van der Waals surface area contributed by atoms with E-state index in [1.54, 1.807) is 55.5 Å². The number of hydrazone groups is 1. The Hall–Kier alpha value is -4.11. The molecule has 0 spiro atoms. The molecule has 0 fully saturated rings. The molecule has 6 nitrogen and oxygen atoms in total. The number of nitriles is 1. The molecule has 1 amide bonds. The van der Waals surface area contributed by atoms with Crippen molar-refractivity contribution in [2.75, 3.05) is 13.2 Å². The van der Waals surface area contributed by atoms with Crippen molar-refractivity contribution in [3.63, 3.8) is 0 Å². The molecule has 0 saturated heterocycles. The Morgan fingerprint density at radius 2 is 1.60 bits per heavy atom. The van der Waals surface area contributed by atoms with Gasteiger partial charge in [0.1, 0.15) is 24.7 Å². The molecule has 1 N–H and O–H groups in total. The maximum Gasteiger partial charge on any atom is 0.275 e. The van der Waals surface area contributed by atoms with Crippen molar-refractivity contribution in [3.05, 3.63) is 95.6 Å². The highest BCUT2D eigenvalue weighted by Gasteiger charge is 2.12. The summed E-state index contributed by atoms with van der Waals surface area (Å²) in [6.07, 6.45) is 0. The summed E-state index contributed by atoms with van der Waals surface area (Å²) in [5.41, 5.74) is 4.95. The number of para-hydroxylation sites is 2. The first-order valence-corrected chi connectivity index (χ1v) is 9.42. The van der Waals surface area contributed by atoms with Gasteiger partial charge < -0.3 is 9.47 Å². The van der Waals surface area contributed by atoms with E-state index in [1.165, 1.54) is 0 Å². The average molecular weight is 399 g/mol. The van der Waals surface area contributed by atoms with Gasteiger partial charge in [-0.25, -0.2) is 5.43 Å². The third kappa shape index (κ3) is 5.69. The zero-order valence-corrected chi connectivity index (χ0v) is 16.5. The maximum absolute atomic E-state index is 12.6. The monoisotopic (exact) mass is 399 g/mol. The summed E-state index contributed by atoms with van der Waals surface area (Å²) in [6, 6.07) is 25.5. The van der Waals surface area contributed by atoms with Gasteiger partial charge in [-0.1, -0.05) is 42.5 Å². The lowest BCUT2D eigenvalue weighted by Gasteiger charge is -2.11. The second-order valence-electron chi connectivity index (χ2n) is 6.33. The van der Waals surface area contributed by atoms with Crippen molar-refractivity contribution in [2.45, 2.75) is 6.92 Å². The molecule has 3 aromatic carbocycles. The lowest BCUT2D eigenvalue weighted by Crippen LogP contribution is -2.21. The fourth-order valence-corrected chi connectivity index (χ4v) is 2.65. The fourth-order valence-electron chi connectivity index (χ4n) is 2.65. The molecule has 0 heterocycles. The van der Waals surface area contributed by atoms with E-state index in [1.807, 2.05) is 30.3 Å². The third-order valence-corrected chi connectivity index (χ3v) is 4.24. The van der Waals surface area contributed by atoms with E-state index in [0.717, 1.165) is 11.3 Å². The summed E-state index contributed by atoms with van der Waals surface area (Å²) in [5, 5.41) is 13.0. The van der Waals surface area contributed by atoms with Crippen LogP contribution in [0.15, 0.2) is 84.0 Å². The normalized spacial score (nSPS) is 10.7. The van der Waals surface area contributed by atoms with Gasteiger partial charge in [0.2, 0.25) is 0 Å². The van der Waals surface area contributed by atoms with E-state index >= 15 is 0 Å². The Morgan fingerprint density at radius 1 is 0.933 bits per heavy atom. The van der Waals surface area contributed by atoms with Crippen LogP contribution >= 0.6 is 0 Å². The van der Waals surface area contributed by atoms with Gasteiger partial charge in [0.25, 0.3) is 5.91 Å². The summed E-state index contributed by atoms with van der Waals surface area (Å²) in [5.74, 6) is 0.847. The Bertz CT molecular complexity index is 1060. The molecule has 0 saturated carbocycles. The van der Waals surface area contributed by atoms with E-state index in [0.29, 0.717) is 35.8 Å². The SMILES string of the molecule is C/C(=N/NC(=O)c1ccccc1OCCOc1ccccc1)c1ccc(C#N)cc1. The average Bonchev–Trinajstić information content (AvgIpc) is 2.81. The van der Waals surface area contributed by atoms with Crippen LogP contribution in [0.3, 0.4) is 0 Å². The molecule has 30 heavy (non-hydrogen) atoms. The summed E-state index contributed by atoms with van der Waals surface area (Å²) in [4.78, 5) is 12.6. The highest BCUT2D eigenvalue weighted by molar-refractivity contribution is 6.01. The van der Waals surface area contributed by atoms with E-state index in [-0.39, 0.29) is 5.91 Å². The van der Waals surface area contributed by atoms with Crippen LogP contribution in [0.4, 0.5) is 0 Å². The van der Waals surface area contributed by atoms with Gasteiger partial charge in [-0.3, -0.25) is 4.79 Å². The van der Waals surface area contributed by atoms with Crippen molar-refractivity contribution < 1.29 is 14.3 Å².